The third-order valence-electron chi connectivity index (χ3n) is 2.80. The maximum atomic E-state index is 12.2. The van der Waals surface area contributed by atoms with E-state index in [0.717, 1.165) is 11.1 Å². The molecule has 0 aliphatic carbocycles. The number of aromatic nitrogens is 1. The van der Waals surface area contributed by atoms with Gasteiger partial charge in [-0.25, -0.2) is 13.1 Å². The van der Waals surface area contributed by atoms with Crippen LogP contribution in [0.25, 0.3) is 0 Å². The van der Waals surface area contributed by atoms with Gasteiger partial charge in [-0.3, -0.25) is 4.98 Å². The number of halogens is 2. The van der Waals surface area contributed by atoms with Crippen LogP contribution in [-0.4, -0.2) is 13.4 Å². The second kappa shape index (κ2) is 6.22. The highest BCUT2D eigenvalue weighted by Crippen LogP contribution is 2.25. The van der Waals surface area contributed by atoms with Crippen molar-refractivity contribution in [2.45, 2.75) is 18.4 Å². The van der Waals surface area contributed by atoms with Crippen molar-refractivity contribution in [2.24, 2.45) is 0 Å². The van der Waals surface area contributed by atoms with Gasteiger partial charge in [0, 0.05) is 23.4 Å². The van der Waals surface area contributed by atoms with Gasteiger partial charge in [0.1, 0.15) is 0 Å². The zero-order valence-electron chi connectivity index (χ0n) is 10.6. The summed E-state index contributed by atoms with van der Waals surface area (Å²) < 4.78 is 27.5. The van der Waals surface area contributed by atoms with E-state index in [0.29, 0.717) is 9.50 Å². The molecule has 1 aromatic carbocycles. The molecule has 20 heavy (non-hydrogen) atoms. The van der Waals surface area contributed by atoms with Crippen LogP contribution < -0.4 is 4.72 Å². The average Bonchev–Trinajstić information content (AvgIpc) is 2.41. The molecule has 0 aliphatic rings. The highest BCUT2D eigenvalue weighted by Gasteiger charge is 2.15. The van der Waals surface area contributed by atoms with Gasteiger partial charge in [-0.15, -0.1) is 0 Å². The minimum absolute atomic E-state index is 0.162. The van der Waals surface area contributed by atoms with Crippen molar-refractivity contribution in [3.05, 3.63) is 57.3 Å². The molecule has 0 spiro atoms. The topological polar surface area (TPSA) is 59.1 Å². The maximum Gasteiger partial charge on any atom is 0.240 e. The molecule has 0 atom stereocenters. The zero-order valence-corrected chi connectivity index (χ0v) is 13.8. The molecule has 0 bridgehead atoms. The van der Waals surface area contributed by atoms with Crippen LogP contribution in [0, 0.1) is 6.92 Å². The fraction of sp³-hybridized carbons (Fsp3) is 0.154. The molecule has 1 N–H and O–H groups in total. The van der Waals surface area contributed by atoms with E-state index in [1.165, 1.54) is 18.2 Å². The summed E-state index contributed by atoms with van der Waals surface area (Å²) in [7, 11) is -3.58. The van der Waals surface area contributed by atoms with Crippen LogP contribution in [0.15, 0.2) is 46.0 Å². The monoisotopic (exact) mass is 374 g/mol. The van der Waals surface area contributed by atoms with E-state index >= 15 is 0 Å². The summed E-state index contributed by atoms with van der Waals surface area (Å²) >= 11 is 9.07. The summed E-state index contributed by atoms with van der Waals surface area (Å²) in [5.74, 6) is 0. The number of pyridine rings is 1. The Balaban J connectivity index is 2.19. The van der Waals surface area contributed by atoms with E-state index in [2.05, 4.69) is 25.6 Å². The van der Waals surface area contributed by atoms with Crippen LogP contribution in [0.1, 0.15) is 11.1 Å². The Morgan fingerprint density at radius 1 is 1.35 bits per heavy atom. The first-order chi connectivity index (χ1) is 9.40. The van der Waals surface area contributed by atoms with Crippen molar-refractivity contribution in [2.75, 3.05) is 0 Å². The van der Waals surface area contributed by atoms with Crippen LogP contribution in [0.2, 0.25) is 5.02 Å². The molecule has 0 radical (unpaired) electrons. The van der Waals surface area contributed by atoms with Crippen molar-refractivity contribution in [1.82, 2.24) is 9.71 Å². The third-order valence-corrected chi connectivity index (χ3v) is 5.41. The van der Waals surface area contributed by atoms with E-state index in [9.17, 15) is 8.42 Å². The van der Waals surface area contributed by atoms with Crippen molar-refractivity contribution < 1.29 is 8.42 Å². The summed E-state index contributed by atoms with van der Waals surface area (Å²) in [4.78, 5) is 4.15. The average molecular weight is 376 g/mol. The first kappa shape index (κ1) is 15.4. The molecule has 1 aromatic heterocycles. The van der Waals surface area contributed by atoms with E-state index in [1.807, 2.05) is 13.0 Å². The van der Waals surface area contributed by atoms with Gasteiger partial charge < -0.3 is 0 Å². The first-order valence-corrected chi connectivity index (χ1v) is 8.40. The number of rotatable bonds is 4. The van der Waals surface area contributed by atoms with Gasteiger partial charge in [-0.2, -0.15) is 0 Å². The Kier molecular flexibility index (Phi) is 4.80. The Bertz CT molecular complexity index is 735. The van der Waals surface area contributed by atoms with Gasteiger partial charge in [-0.1, -0.05) is 11.6 Å². The molecule has 0 saturated carbocycles. The number of nitrogens with zero attached hydrogens (tertiary/aromatic N) is 1. The van der Waals surface area contributed by atoms with Crippen molar-refractivity contribution in [3.63, 3.8) is 0 Å². The third kappa shape index (κ3) is 3.58. The second-order valence-electron chi connectivity index (χ2n) is 4.20. The van der Waals surface area contributed by atoms with E-state index in [-0.39, 0.29) is 11.4 Å². The van der Waals surface area contributed by atoms with Crippen molar-refractivity contribution in [1.29, 1.82) is 0 Å². The van der Waals surface area contributed by atoms with Gasteiger partial charge in [0.15, 0.2) is 0 Å². The number of sulfonamides is 1. The van der Waals surface area contributed by atoms with Crippen LogP contribution in [0.3, 0.4) is 0 Å². The Labute approximate surface area is 131 Å². The lowest BCUT2D eigenvalue weighted by molar-refractivity contribution is 0.581. The van der Waals surface area contributed by atoms with Gasteiger partial charge in [-0.05, 0) is 58.2 Å². The molecule has 0 aliphatic heterocycles. The van der Waals surface area contributed by atoms with Gasteiger partial charge in [0.2, 0.25) is 10.0 Å². The highest BCUT2D eigenvalue weighted by molar-refractivity contribution is 9.10. The molecule has 2 rings (SSSR count). The number of hydrogen-bond donors (Lipinski definition) is 1. The van der Waals surface area contributed by atoms with Gasteiger partial charge in [0.05, 0.1) is 9.92 Å². The lowest BCUT2D eigenvalue weighted by Crippen LogP contribution is -2.23. The Hall–Kier alpha value is -0.950. The van der Waals surface area contributed by atoms with Crippen LogP contribution in [0.5, 0.6) is 0 Å². The quantitative estimate of drug-likeness (QED) is 0.892. The Morgan fingerprint density at radius 2 is 2.10 bits per heavy atom. The SMILES string of the molecule is Cc1ccncc1CNS(=O)(=O)c1ccc(Cl)c(Br)c1. The fourth-order valence-electron chi connectivity index (χ4n) is 1.58. The largest absolute Gasteiger partial charge is 0.264 e. The predicted molar refractivity (Wildman–Crippen MR) is 82.2 cm³/mol. The van der Waals surface area contributed by atoms with Crippen molar-refractivity contribution in [3.8, 4) is 0 Å². The molecule has 7 heteroatoms. The minimum atomic E-state index is -3.58. The normalized spacial score (nSPS) is 11.6. The second-order valence-corrected chi connectivity index (χ2v) is 7.23. The molecule has 0 saturated heterocycles. The fourth-order valence-corrected chi connectivity index (χ4v) is 3.26. The highest BCUT2D eigenvalue weighted by atomic mass is 79.9. The molecule has 2 aromatic rings. The van der Waals surface area contributed by atoms with Crippen molar-refractivity contribution >= 4 is 37.6 Å². The maximum absolute atomic E-state index is 12.2. The number of hydrogen-bond acceptors (Lipinski definition) is 3. The summed E-state index contributed by atoms with van der Waals surface area (Å²) in [6.45, 7) is 2.10. The number of benzene rings is 1. The van der Waals surface area contributed by atoms with Crippen LogP contribution in [0.4, 0.5) is 0 Å². The van der Waals surface area contributed by atoms with Gasteiger partial charge in [0.25, 0.3) is 0 Å². The number of aryl methyl sites for hydroxylation is 1. The summed E-state index contributed by atoms with van der Waals surface area (Å²) in [6, 6.07) is 6.31. The first-order valence-electron chi connectivity index (χ1n) is 5.74. The molecule has 0 unspecified atom stereocenters. The van der Waals surface area contributed by atoms with E-state index in [4.69, 9.17) is 11.6 Å². The molecule has 106 valence electrons. The molecule has 0 amide bonds. The molecule has 4 nitrogen and oxygen atoms in total. The smallest absolute Gasteiger partial charge is 0.240 e. The summed E-state index contributed by atoms with van der Waals surface area (Å²) in [5.41, 5.74) is 1.82. The molecule has 0 fully saturated rings. The molecular formula is C13H12BrClN2O2S. The summed E-state index contributed by atoms with van der Waals surface area (Å²) in [5, 5.41) is 0.465. The number of nitrogens with one attached hydrogen (secondary N) is 1. The molecular weight excluding hydrogens is 364 g/mol. The van der Waals surface area contributed by atoms with E-state index < -0.39 is 10.0 Å². The zero-order chi connectivity index (χ0) is 14.8. The van der Waals surface area contributed by atoms with E-state index in [1.54, 1.807) is 12.4 Å². The Morgan fingerprint density at radius 3 is 2.75 bits per heavy atom. The van der Waals surface area contributed by atoms with Crippen LogP contribution in [-0.2, 0) is 16.6 Å². The minimum Gasteiger partial charge on any atom is -0.264 e. The predicted octanol–water partition coefficient (Wildman–Crippen LogP) is 3.28. The lowest BCUT2D eigenvalue weighted by atomic mass is 10.2. The van der Waals surface area contributed by atoms with Gasteiger partial charge >= 0.3 is 0 Å². The standard InChI is InChI=1S/C13H12BrClN2O2S/c1-9-4-5-16-7-10(9)8-17-20(18,19)11-2-3-13(15)12(14)6-11/h2-7,17H,8H2,1H3. The summed E-state index contributed by atoms with van der Waals surface area (Å²) in [6.07, 6.45) is 3.32. The van der Waals surface area contributed by atoms with Crippen LogP contribution >= 0.6 is 27.5 Å². The molecule has 1 heterocycles. The lowest BCUT2D eigenvalue weighted by Gasteiger charge is -2.09.